The topological polar surface area (TPSA) is 77.8 Å². The third-order valence-corrected chi connectivity index (χ3v) is 2.40. The maximum Gasteiger partial charge on any atom is 0.310 e. The van der Waals surface area contributed by atoms with Crippen molar-refractivity contribution < 1.29 is 20.1 Å². The minimum Gasteiger partial charge on any atom is -0.481 e. The van der Waals surface area contributed by atoms with Crippen LogP contribution in [-0.4, -0.2) is 34.5 Å². The summed E-state index contributed by atoms with van der Waals surface area (Å²) in [6.45, 7) is 1.62. The number of hydrogen-bond donors (Lipinski definition) is 4. The van der Waals surface area contributed by atoms with E-state index in [1.165, 1.54) is 0 Å². The van der Waals surface area contributed by atoms with Crippen molar-refractivity contribution in [2.45, 2.75) is 24.2 Å². The molecule has 1 unspecified atom stereocenters. The second kappa shape index (κ2) is 9.04. The number of carboxylic acid groups (broad SMARTS) is 1. The normalized spacial score (nSPS) is 11.3. The molecule has 1 atom stereocenters. The fourth-order valence-corrected chi connectivity index (χ4v) is 1.41. The van der Waals surface area contributed by atoms with Crippen molar-refractivity contribution in [3.63, 3.8) is 0 Å². The van der Waals surface area contributed by atoms with Crippen molar-refractivity contribution in [2.75, 3.05) is 13.2 Å². The second-order valence-electron chi connectivity index (χ2n) is 3.34. The van der Waals surface area contributed by atoms with Crippen molar-refractivity contribution in [3.8, 4) is 0 Å². The molecule has 0 aliphatic carbocycles. The van der Waals surface area contributed by atoms with Gasteiger partial charge >= 0.3 is 5.97 Å². The molecule has 0 saturated carbocycles. The van der Waals surface area contributed by atoms with Gasteiger partial charge in [0.25, 0.3) is 0 Å². The zero-order chi connectivity index (χ0) is 13.3. The molecular formula is C12H18O4S. The van der Waals surface area contributed by atoms with E-state index >= 15 is 0 Å². The van der Waals surface area contributed by atoms with E-state index < -0.39 is 11.9 Å². The lowest BCUT2D eigenvalue weighted by molar-refractivity contribution is -0.138. The molecule has 0 aromatic heterocycles. The molecule has 0 aliphatic rings. The lowest BCUT2D eigenvalue weighted by atomic mass is 9.97. The fraction of sp³-hybridized carbons (Fsp3) is 0.417. The van der Waals surface area contributed by atoms with Gasteiger partial charge in [0.05, 0.1) is 19.1 Å². The Morgan fingerprint density at radius 3 is 2.00 bits per heavy atom. The van der Waals surface area contributed by atoms with E-state index in [0.717, 1.165) is 10.5 Å². The minimum atomic E-state index is -0.769. The smallest absolute Gasteiger partial charge is 0.310 e. The van der Waals surface area contributed by atoms with Crippen LogP contribution < -0.4 is 0 Å². The van der Waals surface area contributed by atoms with Gasteiger partial charge in [-0.3, -0.25) is 4.79 Å². The summed E-state index contributed by atoms with van der Waals surface area (Å²) in [5.41, 5.74) is 0.841. The maximum atomic E-state index is 10.8. The number of carbonyl (C=O) groups is 1. The number of hydrogen-bond acceptors (Lipinski definition) is 4. The van der Waals surface area contributed by atoms with Crippen LogP contribution in [0.1, 0.15) is 24.8 Å². The molecule has 1 rings (SSSR count). The Bertz CT molecular complexity index is 322. The van der Waals surface area contributed by atoms with E-state index in [4.69, 9.17) is 15.3 Å². The highest BCUT2D eigenvalue weighted by atomic mass is 32.1. The Hall–Kier alpha value is -1.04. The second-order valence-corrected chi connectivity index (χ2v) is 3.85. The molecule has 17 heavy (non-hydrogen) atoms. The molecule has 0 amide bonds. The van der Waals surface area contributed by atoms with Crippen LogP contribution in [0.25, 0.3) is 0 Å². The van der Waals surface area contributed by atoms with E-state index in [1.807, 2.05) is 31.2 Å². The highest BCUT2D eigenvalue weighted by Gasteiger charge is 2.16. The van der Waals surface area contributed by atoms with Gasteiger partial charge in [-0.05, 0) is 24.1 Å². The third kappa shape index (κ3) is 6.31. The first-order valence-electron chi connectivity index (χ1n) is 5.30. The van der Waals surface area contributed by atoms with Crippen LogP contribution in [0, 0.1) is 0 Å². The number of aliphatic hydroxyl groups is 2. The number of thiol groups is 1. The summed E-state index contributed by atoms with van der Waals surface area (Å²) in [7, 11) is 0. The van der Waals surface area contributed by atoms with Crippen LogP contribution in [0.2, 0.25) is 0 Å². The van der Waals surface area contributed by atoms with E-state index in [1.54, 1.807) is 0 Å². The molecule has 0 bridgehead atoms. The predicted molar refractivity (Wildman–Crippen MR) is 68.5 cm³/mol. The summed E-state index contributed by atoms with van der Waals surface area (Å²) in [6, 6.07) is 7.24. The molecule has 5 heteroatoms. The summed E-state index contributed by atoms with van der Waals surface area (Å²) in [4.78, 5) is 11.6. The molecule has 0 heterocycles. The van der Waals surface area contributed by atoms with E-state index in [0.29, 0.717) is 6.42 Å². The molecule has 0 spiro atoms. The summed E-state index contributed by atoms with van der Waals surface area (Å²) >= 11 is 4.13. The highest BCUT2D eigenvalue weighted by Crippen LogP contribution is 2.20. The first kappa shape index (κ1) is 16.0. The SMILES string of the molecule is CCC(C(=O)O)c1ccc(S)cc1.OCCO. The van der Waals surface area contributed by atoms with Crippen LogP contribution in [0.3, 0.4) is 0 Å². The Kier molecular flexibility index (Phi) is 8.49. The largest absolute Gasteiger partial charge is 0.481 e. The lowest BCUT2D eigenvalue weighted by Gasteiger charge is -2.09. The number of aliphatic hydroxyl groups excluding tert-OH is 2. The van der Waals surface area contributed by atoms with Gasteiger partial charge < -0.3 is 15.3 Å². The number of aliphatic carboxylic acids is 1. The average Bonchev–Trinajstić information content (AvgIpc) is 2.32. The van der Waals surface area contributed by atoms with Crippen molar-refractivity contribution in [2.24, 2.45) is 0 Å². The Labute approximate surface area is 106 Å². The summed E-state index contributed by atoms with van der Waals surface area (Å²) in [6.07, 6.45) is 0.612. The van der Waals surface area contributed by atoms with Crippen LogP contribution in [0.5, 0.6) is 0 Å². The van der Waals surface area contributed by atoms with Gasteiger partial charge in [-0.25, -0.2) is 0 Å². The molecule has 0 aliphatic heterocycles. The van der Waals surface area contributed by atoms with Crippen molar-refractivity contribution >= 4 is 18.6 Å². The Morgan fingerprint density at radius 2 is 1.71 bits per heavy atom. The standard InChI is InChI=1S/C10H12O2S.C2H6O2/c1-2-9(10(11)12)7-3-5-8(13)6-4-7;3-1-2-4/h3-6,9,13H,2H2,1H3,(H,11,12);3-4H,1-2H2. The molecule has 1 aromatic rings. The van der Waals surface area contributed by atoms with Crippen LogP contribution in [-0.2, 0) is 4.79 Å². The first-order valence-corrected chi connectivity index (χ1v) is 5.75. The summed E-state index contributed by atoms with van der Waals surface area (Å²) in [5, 5.41) is 24.1. The molecule has 3 N–H and O–H groups in total. The monoisotopic (exact) mass is 258 g/mol. The molecule has 1 aromatic carbocycles. The molecule has 96 valence electrons. The molecule has 0 radical (unpaired) electrons. The van der Waals surface area contributed by atoms with Gasteiger partial charge in [-0.15, -0.1) is 12.6 Å². The highest BCUT2D eigenvalue weighted by molar-refractivity contribution is 7.80. The number of carboxylic acids is 1. The number of benzene rings is 1. The zero-order valence-electron chi connectivity index (χ0n) is 9.71. The quantitative estimate of drug-likeness (QED) is 0.618. The molecule has 4 nitrogen and oxygen atoms in total. The van der Waals surface area contributed by atoms with Gasteiger partial charge in [0.2, 0.25) is 0 Å². The zero-order valence-corrected chi connectivity index (χ0v) is 10.6. The van der Waals surface area contributed by atoms with Crippen molar-refractivity contribution in [1.82, 2.24) is 0 Å². The number of rotatable bonds is 4. The average molecular weight is 258 g/mol. The van der Waals surface area contributed by atoms with Gasteiger partial charge in [0.1, 0.15) is 0 Å². The van der Waals surface area contributed by atoms with Gasteiger partial charge in [-0.2, -0.15) is 0 Å². The first-order chi connectivity index (χ1) is 8.06. The van der Waals surface area contributed by atoms with Crippen LogP contribution in [0.15, 0.2) is 29.2 Å². The van der Waals surface area contributed by atoms with Crippen molar-refractivity contribution in [1.29, 1.82) is 0 Å². The van der Waals surface area contributed by atoms with E-state index in [2.05, 4.69) is 12.6 Å². The van der Waals surface area contributed by atoms with Gasteiger partial charge in [-0.1, -0.05) is 19.1 Å². The van der Waals surface area contributed by atoms with Gasteiger partial charge in [0, 0.05) is 4.90 Å². The minimum absolute atomic E-state index is 0.125. The van der Waals surface area contributed by atoms with Crippen molar-refractivity contribution in [3.05, 3.63) is 29.8 Å². The summed E-state index contributed by atoms with van der Waals surface area (Å²) < 4.78 is 0. The van der Waals surface area contributed by atoms with Crippen LogP contribution >= 0.6 is 12.6 Å². The van der Waals surface area contributed by atoms with Crippen LogP contribution in [0.4, 0.5) is 0 Å². The molecular weight excluding hydrogens is 240 g/mol. The molecule has 0 fully saturated rings. The Balaban J connectivity index is 0.000000557. The summed E-state index contributed by atoms with van der Waals surface area (Å²) in [5.74, 6) is -1.16. The lowest BCUT2D eigenvalue weighted by Crippen LogP contribution is -2.10. The predicted octanol–water partition coefficient (Wildman–Crippen LogP) is 1.52. The van der Waals surface area contributed by atoms with Gasteiger partial charge in [0.15, 0.2) is 0 Å². The van der Waals surface area contributed by atoms with E-state index in [9.17, 15) is 4.79 Å². The fourth-order valence-electron chi connectivity index (χ4n) is 1.26. The third-order valence-electron chi connectivity index (χ3n) is 2.10. The van der Waals surface area contributed by atoms with E-state index in [-0.39, 0.29) is 13.2 Å². The Morgan fingerprint density at radius 1 is 1.24 bits per heavy atom. The molecule has 0 saturated heterocycles. The maximum absolute atomic E-state index is 10.8.